The van der Waals surface area contributed by atoms with Crippen LogP contribution in [0.3, 0.4) is 0 Å². The number of aromatic amines is 1. The second kappa shape index (κ2) is 4.06. The molecule has 0 saturated heterocycles. The summed E-state index contributed by atoms with van der Waals surface area (Å²) >= 11 is 0. The molecule has 0 saturated carbocycles. The Kier molecular flexibility index (Phi) is 2.59. The van der Waals surface area contributed by atoms with E-state index >= 15 is 0 Å². The standard InChI is InChI=1S/C11H11N3O2/c1-16-10-4-7(8-5-13-14-6-8)2-3-9(10)11(12)15/h2-6H,1H3,(H2,12,15)(H,13,14). The maximum Gasteiger partial charge on any atom is 0.252 e. The Morgan fingerprint density at radius 2 is 2.25 bits per heavy atom. The maximum atomic E-state index is 11.1. The van der Waals surface area contributed by atoms with Crippen LogP contribution in [0.25, 0.3) is 11.1 Å². The number of primary amides is 1. The summed E-state index contributed by atoms with van der Waals surface area (Å²) in [5.41, 5.74) is 7.43. The van der Waals surface area contributed by atoms with Crippen LogP contribution in [0.15, 0.2) is 30.6 Å². The zero-order valence-corrected chi connectivity index (χ0v) is 8.73. The summed E-state index contributed by atoms with van der Waals surface area (Å²) in [6.45, 7) is 0. The Balaban J connectivity index is 2.49. The van der Waals surface area contributed by atoms with Gasteiger partial charge in [0, 0.05) is 11.8 Å². The quantitative estimate of drug-likeness (QED) is 0.810. The second-order valence-electron chi connectivity index (χ2n) is 3.27. The molecule has 3 N–H and O–H groups in total. The minimum absolute atomic E-state index is 0.370. The van der Waals surface area contributed by atoms with Crippen molar-refractivity contribution in [1.29, 1.82) is 0 Å². The summed E-state index contributed by atoms with van der Waals surface area (Å²) in [6.07, 6.45) is 3.46. The van der Waals surface area contributed by atoms with Crippen molar-refractivity contribution in [2.75, 3.05) is 7.11 Å². The van der Waals surface area contributed by atoms with Gasteiger partial charge in [0.15, 0.2) is 0 Å². The number of carbonyl (C=O) groups excluding carboxylic acids is 1. The Bertz CT molecular complexity index is 506. The fourth-order valence-electron chi connectivity index (χ4n) is 1.48. The van der Waals surface area contributed by atoms with E-state index in [4.69, 9.17) is 10.5 Å². The number of methoxy groups -OCH3 is 1. The highest BCUT2D eigenvalue weighted by Gasteiger charge is 2.10. The molecule has 2 rings (SSSR count). The molecular weight excluding hydrogens is 206 g/mol. The van der Waals surface area contributed by atoms with Gasteiger partial charge in [-0.25, -0.2) is 0 Å². The molecule has 1 aromatic heterocycles. The minimum Gasteiger partial charge on any atom is -0.496 e. The van der Waals surface area contributed by atoms with Crippen molar-refractivity contribution in [2.24, 2.45) is 5.73 Å². The van der Waals surface area contributed by atoms with Crippen LogP contribution < -0.4 is 10.5 Å². The number of aromatic nitrogens is 2. The van der Waals surface area contributed by atoms with Gasteiger partial charge in [-0.15, -0.1) is 0 Å². The molecule has 5 heteroatoms. The van der Waals surface area contributed by atoms with Crippen molar-refractivity contribution in [3.63, 3.8) is 0 Å². The monoisotopic (exact) mass is 217 g/mol. The first kappa shape index (κ1) is 10.2. The van der Waals surface area contributed by atoms with Crippen molar-refractivity contribution in [2.45, 2.75) is 0 Å². The van der Waals surface area contributed by atoms with Gasteiger partial charge in [0.25, 0.3) is 5.91 Å². The lowest BCUT2D eigenvalue weighted by Gasteiger charge is -2.07. The molecule has 2 aromatic rings. The smallest absolute Gasteiger partial charge is 0.252 e. The van der Waals surface area contributed by atoms with Crippen molar-refractivity contribution in [3.8, 4) is 16.9 Å². The number of nitrogens with zero attached hydrogens (tertiary/aromatic N) is 1. The first-order valence-electron chi connectivity index (χ1n) is 4.69. The minimum atomic E-state index is -0.504. The number of benzene rings is 1. The molecule has 0 fully saturated rings. The van der Waals surface area contributed by atoms with Gasteiger partial charge in [-0.2, -0.15) is 5.10 Å². The van der Waals surface area contributed by atoms with Crippen molar-refractivity contribution in [1.82, 2.24) is 10.2 Å². The molecule has 0 aliphatic rings. The first-order chi connectivity index (χ1) is 7.72. The molecule has 5 nitrogen and oxygen atoms in total. The number of nitrogens with two attached hydrogens (primary N) is 1. The molecule has 1 heterocycles. The molecule has 0 bridgehead atoms. The van der Waals surface area contributed by atoms with E-state index in [0.29, 0.717) is 11.3 Å². The average molecular weight is 217 g/mol. The number of ether oxygens (including phenoxy) is 1. The molecule has 16 heavy (non-hydrogen) atoms. The Labute approximate surface area is 92.2 Å². The molecule has 82 valence electrons. The third kappa shape index (κ3) is 1.75. The normalized spacial score (nSPS) is 10.1. The Morgan fingerprint density at radius 1 is 1.44 bits per heavy atom. The Morgan fingerprint density at radius 3 is 2.81 bits per heavy atom. The fraction of sp³-hybridized carbons (Fsp3) is 0.0909. The summed E-state index contributed by atoms with van der Waals surface area (Å²) in [5.74, 6) is -0.0400. The van der Waals surface area contributed by atoms with E-state index in [-0.39, 0.29) is 0 Å². The van der Waals surface area contributed by atoms with Gasteiger partial charge < -0.3 is 10.5 Å². The van der Waals surface area contributed by atoms with Crippen LogP contribution in [0.4, 0.5) is 0 Å². The summed E-state index contributed by atoms with van der Waals surface area (Å²) in [4.78, 5) is 11.1. The van der Waals surface area contributed by atoms with Gasteiger partial charge in [-0.05, 0) is 17.7 Å². The van der Waals surface area contributed by atoms with E-state index in [0.717, 1.165) is 11.1 Å². The lowest BCUT2D eigenvalue weighted by molar-refractivity contribution is 0.0997. The Hall–Kier alpha value is -2.30. The summed E-state index contributed by atoms with van der Waals surface area (Å²) < 4.78 is 5.11. The number of hydrogen-bond donors (Lipinski definition) is 2. The number of hydrogen-bond acceptors (Lipinski definition) is 3. The van der Waals surface area contributed by atoms with Gasteiger partial charge >= 0.3 is 0 Å². The maximum absolute atomic E-state index is 11.1. The van der Waals surface area contributed by atoms with Crippen LogP contribution in [0.1, 0.15) is 10.4 Å². The van der Waals surface area contributed by atoms with E-state index in [1.54, 1.807) is 30.6 Å². The van der Waals surface area contributed by atoms with Gasteiger partial charge in [0.2, 0.25) is 0 Å². The van der Waals surface area contributed by atoms with Crippen LogP contribution in [0, 0.1) is 0 Å². The number of H-pyrrole nitrogens is 1. The van der Waals surface area contributed by atoms with Crippen LogP contribution >= 0.6 is 0 Å². The van der Waals surface area contributed by atoms with Crippen LogP contribution in [-0.2, 0) is 0 Å². The van der Waals surface area contributed by atoms with E-state index < -0.39 is 5.91 Å². The summed E-state index contributed by atoms with van der Waals surface area (Å²) in [7, 11) is 1.50. The van der Waals surface area contributed by atoms with Gasteiger partial charge in [-0.1, -0.05) is 6.07 Å². The molecule has 1 aromatic carbocycles. The first-order valence-corrected chi connectivity index (χ1v) is 4.69. The molecule has 1 amide bonds. The summed E-state index contributed by atoms with van der Waals surface area (Å²) in [6, 6.07) is 5.20. The topological polar surface area (TPSA) is 81.0 Å². The zero-order valence-electron chi connectivity index (χ0n) is 8.73. The SMILES string of the molecule is COc1cc(-c2cn[nH]c2)ccc1C(N)=O. The highest BCUT2D eigenvalue weighted by Crippen LogP contribution is 2.26. The lowest BCUT2D eigenvalue weighted by Crippen LogP contribution is -2.12. The molecule has 0 radical (unpaired) electrons. The van der Waals surface area contributed by atoms with Crippen LogP contribution in [0.2, 0.25) is 0 Å². The van der Waals surface area contributed by atoms with Crippen molar-refractivity contribution in [3.05, 3.63) is 36.2 Å². The molecular formula is C11H11N3O2. The largest absolute Gasteiger partial charge is 0.496 e. The second-order valence-corrected chi connectivity index (χ2v) is 3.27. The fourth-order valence-corrected chi connectivity index (χ4v) is 1.48. The number of rotatable bonds is 3. The van der Waals surface area contributed by atoms with E-state index in [1.165, 1.54) is 7.11 Å². The zero-order chi connectivity index (χ0) is 11.5. The van der Waals surface area contributed by atoms with Gasteiger partial charge in [0.1, 0.15) is 5.75 Å². The molecule has 0 unspecified atom stereocenters. The predicted molar refractivity (Wildman–Crippen MR) is 59.1 cm³/mol. The van der Waals surface area contributed by atoms with E-state index in [2.05, 4.69) is 10.2 Å². The van der Waals surface area contributed by atoms with E-state index in [9.17, 15) is 4.79 Å². The highest BCUT2D eigenvalue weighted by molar-refractivity contribution is 5.96. The number of nitrogens with one attached hydrogen (secondary N) is 1. The number of amides is 1. The highest BCUT2D eigenvalue weighted by atomic mass is 16.5. The molecule has 0 aliphatic carbocycles. The van der Waals surface area contributed by atoms with Crippen LogP contribution in [-0.4, -0.2) is 23.2 Å². The number of carbonyl (C=O) groups is 1. The van der Waals surface area contributed by atoms with Gasteiger partial charge in [0.05, 0.1) is 18.9 Å². The predicted octanol–water partition coefficient (Wildman–Crippen LogP) is 1.18. The van der Waals surface area contributed by atoms with E-state index in [1.807, 2.05) is 0 Å². The average Bonchev–Trinajstić information content (AvgIpc) is 2.81. The molecule has 0 aliphatic heterocycles. The molecule has 0 spiro atoms. The third-order valence-electron chi connectivity index (χ3n) is 2.30. The lowest BCUT2D eigenvalue weighted by atomic mass is 10.1. The van der Waals surface area contributed by atoms with Crippen molar-refractivity contribution >= 4 is 5.91 Å². The molecule has 0 atom stereocenters. The summed E-state index contributed by atoms with van der Waals surface area (Å²) in [5, 5.41) is 6.57. The van der Waals surface area contributed by atoms with Crippen molar-refractivity contribution < 1.29 is 9.53 Å². The third-order valence-corrected chi connectivity index (χ3v) is 2.30. The van der Waals surface area contributed by atoms with Gasteiger partial charge in [-0.3, -0.25) is 9.89 Å². The van der Waals surface area contributed by atoms with Crippen LogP contribution in [0.5, 0.6) is 5.75 Å².